The molecule has 1 aliphatic carbocycles. The Labute approximate surface area is 129 Å². The molecule has 0 spiro atoms. The van der Waals surface area contributed by atoms with E-state index in [1.54, 1.807) is 11.9 Å². The lowest BCUT2D eigenvalue weighted by molar-refractivity contribution is -0.153. The Morgan fingerprint density at radius 3 is 2.33 bits per heavy atom. The molecule has 0 bridgehead atoms. The predicted octanol–water partition coefficient (Wildman–Crippen LogP) is 3.10. The minimum Gasteiger partial charge on any atom is -0.462 e. The Morgan fingerprint density at radius 1 is 1.19 bits per heavy atom. The van der Waals surface area contributed by atoms with Crippen molar-refractivity contribution in [3.05, 3.63) is 0 Å². The lowest BCUT2D eigenvalue weighted by Crippen LogP contribution is -2.43. The summed E-state index contributed by atoms with van der Waals surface area (Å²) in [5.41, 5.74) is 0. The molecule has 0 aromatic rings. The molecular formula is C17H31NO3. The van der Waals surface area contributed by atoms with Gasteiger partial charge in [0.2, 0.25) is 5.91 Å². The molecule has 0 aliphatic heterocycles. The molecule has 0 heterocycles. The minimum absolute atomic E-state index is 0.0469. The number of carbonyl (C=O) groups excluding carboxylic acids is 2. The van der Waals surface area contributed by atoms with Gasteiger partial charge >= 0.3 is 5.97 Å². The van der Waals surface area contributed by atoms with Crippen LogP contribution in [0.4, 0.5) is 0 Å². The number of esters is 1. The first-order valence-electron chi connectivity index (χ1n) is 8.16. The van der Waals surface area contributed by atoms with E-state index in [1.807, 2.05) is 13.8 Å². The first kappa shape index (κ1) is 18.0. The van der Waals surface area contributed by atoms with Gasteiger partial charge in [-0.15, -0.1) is 0 Å². The molecule has 1 amide bonds. The summed E-state index contributed by atoms with van der Waals surface area (Å²) in [4.78, 5) is 26.0. The summed E-state index contributed by atoms with van der Waals surface area (Å²) >= 11 is 0. The number of ether oxygens (including phenoxy) is 1. The van der Waals surface area contributed by atoms with Crippen molar-refractivity contribution in [2.45, 2.75) is 60.0 Å². The smallest absolute Gasteiger partial charge is 0.325 e. The average Bonchev–Trinajstić information content (AvgIpc) is 2.36. The number of hydrogen-bond donors (Lipinski definition) is 0. The van der Waals surface area contributed by atoms with Gasteiger partial charge in [-0.2, -0.15) is 0 Å². The summed E-state index contributed by atoms with van der Waals surface area (Å²) in [7, 11) is 1.71. The van der Waals surface area contributed by atoms with Crippen molar-refractivity contribution in [1.29, 1.82) is 0 Å². The van der Waals surface area contributed by atoms with Crippen LogP contribution in [-0.2, 0) is 14.3 Å². The lowest BCUT2D eigenvalue weighted by atomic mass is 9.69. The molecule has 4 heteroatoms. The zero-order valence-electron chi connectivity index (χ0n) is 14.4. The largest absolute Gasteiger partial charge is 0.462 e. The number of rotatable bonds is 5. The number of likely N-dealkylation sites (N-methyl/N-ethyl adjacent to an activating group) is 1. The molecule has 1 fully saturated rings. The van der Waals surface area contributed by atoms with E-state index in [-0.39, 0.29) is 30.4 Å². The zero-order valence-corrected chi connectivity index (χ0v) is 14.4. The van der Waals surface area contributed by atoms with Gasteiger partial charge in [-0.25, -0.2) is 0 Å². The van der Waals surface area contributed by atoms with Gasteiger partial charge in [0.15, 0.2) is 0 Å². The Hall–Kier alpha value is -1.06. The monoisotopic (exact) mass is 297 g/mol. The molecule has 21 heavy (non-hydrogen) atoms. The maximum atomic E-state index is 12.7. The standard InChI is InChI=1S/C17H31NO3/c1-11(2)14-8-7-13(5)9-15(14)17(20)18(6)10-16(19)21-12(3)4/h11-15H,7-10H2,1-6H3. The third-order valence-corrected chi connectivity index (χ3v) is 4.45. The molecule has 0 radical (unpaired) electrons. The fourth-order valence-electron chi connectivity index (χ4n) is 3.34. The van der Waals surface area contributed by atoms with Crippen LogP contribution in [0.1, 0.15) is 53.9 Å². The van der Waals surface area contributed by atoms with Crippen molar-refractivity contribution < 1.29 is 14.3 Å². The molecule has 1 saturated carbocycles. The molecule has 3 atom stereocenters. The molecule has 122 valence electrons. The summed E-state index contributed by atoms with van der Waals surface area (Å²) in [5.74, 6) is 1.34. The molecule has 0 aromatic carbocycles. The van der Waals surface area contributed by atoms with Crippen LogP contribution in [0.15, 0.2) is 0 Å². The summed E-state index contributed by atoms with van der Waals surface area (Å²) in [6, 6.07) is 0. The van der Waals surface area contributed by atoms with Gasteiger partial charge in [-0.05, 0) is 44.4 Å². The fourth-order valence-corrected chi connectivity index (χ4v) is 3.34. The van der Waals surface area contributed by atoms with Crippen molar-refractivity contribution in [3.8, 4) is 0 Å². The quantitative estimate of drug-likeness (QED) is 0.733. The average molecular weight is 297 g/mol. The normalized spacial score (nSPS) is 26.0. The van der Waals surface area contributed by atoms with Crippen LogP contribution in [0, 0.1) is 23.7 Å². The van der Waals surface area contributed by atoms with Gasteiger partial charge < -0.3 is 9.64 Å². The van der Waals surface area contributed by atoms with Crippen molar-refractivity contribution in [1.82, 2.24) is 4.90 Å². The highest BCUT2D eigenvalue weighted by molar-refractivity contribution is 5.83. The van der Waals surface area contributed by atoms with E-state index in [4.69, 9.17) is 4.74 Å². The third-order valence-electron chi connectivity index (χ3n) is 4.45. The predicted molar refractivity (Wildman–Crippen MR) is 83.7 cm³/mol. The van der Waals surface area contributed by atoms with Crippen molar-refractivity contribution >= 4 is 11.9 Å². The zero-order chi connectivity index (χ0) is 16.2. The molecule has 4 nitrogen and oxygen atoms in total. The van der Waals surface area contributed by atoms with Crippen LogP contribution in [0.25, 0.3) is 0 Å². The van der Waals surface area contributed by atoms with E-state index < -0.39 is 0 Å². The number of hydrogen-bond acceptors (Lipinski definition) is 3. The van der Waals surface area contributed by atoms with E-state index in [2.05, 4.69) is 20.8 Å². The van der Waals surface area contributed by atoms with Gasteiger partial charge in [0.1, 0.15) is 6.54 Å². The molecule has 0 saturated heterocycles. The van der Waals surface area contributed by atoms with Crippen LogP contribution in [0.2, 0.25) is 0 Å². The molecule has 3 unspecified atom stereocenters. The van der Waals surface area contributed by atoms with Crippen molar-refractivity contribution in [2.24, 2.45) is 23.7 Å². The van der Waals surface area contributed by atoms with Crippen molar-refractivity contribution in [3.63, 3.8) is 0 Å². The second-order valence-corrected chi connectivity index (χ2v) is 7.17. The molecule has 0 N–H and O–H groups in total. The first-order valence-corrected chi connectivity index (χ1v) is 8.16. The Kier molecular flexibility index (Phi) is 6.69. The van der Waals surface area contributed by atoms with Crippen LogP contribution in [0.3, 0.4) is 0 Å². The highest BCUT2D eigenvalue weighted by Crippen LogP contribution is 2.38. The number of carbonyl (C=O) groups is 2. The van der Waals surface area contributed by atoms with Gasteiger partial charge in [0.25, 0.3) is 0 Å². The van der Waals surface area contributed by atoms with Crippen molar-refractivity contribution in [2.75, 3.05) is 13.6 Å². The van der Waals surface area contributed by atoms with Crippen LogP contribution >= 0.6 is 0 Å². The third kappa shape index (κ3) is 5.33. The molecular weight excluding hydrogens is 266 g/mol. The Bertz CT molecular complexity index is 365. The van der Waals surface area contributed by atoms with Gasteiger partial charge in [0, 0.05) is 13.0 Å². The maximum Gasteiger partial charge on any atom is 0.325 e. The highest BCUT2D eigenvalue weighted by Gasteiger charge is 2.37. The van der Waals surface area contributed by atoms with Gasteiger partial charge in [-0.3, -0.25) is 9.59 Å². The summed E-state index contributed by atoms with van der Waals surface area (Å²) in [6.45, 7) is 10.3. The number of amides is 1. The van der Waals surface area contributed by atoms with E-state index in [9.17, 15) is 9.59 Å². The van der Waals surface area contributed by atoms with E-state index in [0.29, 0.717) is 17.8 Å². The van der Waals surface area contributed by atoms with E-state index in [1.165, 1.54) is 6.42 Å². The van der Waals surface area contributed by atoms with Crippen LogP contribution < -0.4 is 0 Å². The number of nitrogens with zero attached hydrogens (tertiary/aromatic N) is 1. The first-order chi connectivity index (χ1) is 9.72. The Balaban J connectivity index is 2.67. The summed E-state index contributed by atoms with van der Waals surface area (Å²) < 4.78 is 5.12. The summed E-state index contributed by atoms with van der Waals surface area (Å²) in [5, 5.41) is 0. The van der Waals surface area contributed by atoms with E-state index >= 15 is 0 Å². The second kappa shape index (κ2) is 7.81. The molecule has 1 aliphatic rings. The van der Waals surface area contributed by atoms with Gasteiger partial charge in [0.05, 0.1) is 6.10 Å². The topological polar surface area (TPSA) is 46.6 Å². The second-order valence-electron chi connectivity index (χ2n) is 7.17. The summed E-state index contributed by atoms with van der Waals surface area (Å²) in [6.07, 6.45) is 3.11. The van der Waals surface area contributed by atoms with Gasteiger partial charge in [-0.1, -0.05) is 27.2 Å². The minimum atomic E-state index is -0.328. The maximum absolute atomic E-state index is 12.7. The fraction of sp³-hybridized carbons (Fsp3) is 0.882. The van der Waals surface area contributed by atoms with Crippen LogP contribution in [0.5, 0.6) is 0 Å². The Morgan fingerprint density at radius 2 is 1.81 bits per heavy atom. The lowest BCUT2D eigenvalue weighted by Gasteiger charge is -2.38. The highest BCUT2D eigenvalue weighted by atomic mass is 16.5. The van der Waals surface area contributed by atoms with E-state index in [0.717, 1.165) is 12.8 Å². The SMILES string of the molecule is CC1CCC(C(C)C)C(C(=O)N(C)CC(=O)OC(C)C)C1. The molecule has 0 aromatic heterocycles. The van der Waals surface area contributed by atoms with Crippen LogP contribution in [-0.4, -0.2) is 36.5 Å². The molecule has 1 rings (SSSR count).